The lowest BCUT2D eigenvalue weighted by molar-refractivity contribution is -0.120. The van der Waals surface area contributed by atoms with E-state index in [2.05, 4.69) is 30.2 Å². The topological polar surface area (TPSA) is 88.8 Å². The van der Waals surface area contributed by atoms with Crippen molar-refractivity contribution < 1.29 is 4.79 Å². The van der Waals surface area contributed by atoms with Crippen LogP contribution in [0.2, 0.25) is 0 Å². The van der Waals surface area contributed by atoms with Crippen LogP contribution >= 0.6 is 0 Å². The number of carbonyl (C=O) groups is 1. The third kappa shape index (κ3) is 2.94. The highest BCUT2D eigenvalue weighted by atomic mass is 16.2. The molecule has 3 aromatic heterocycles. The second kappa shape index (κ2) is 6.73. The molecule has 0 aliphatic carbocycles. The molecule has 0 atom stereocenters. The lowest BCUT2D eigenvalue weighted by Gasteiger charge is -2.39. The minimum Gasteiger partial charge on any atom is -0.355 e. The number of carbonyl (C=O) groups excluding carboxylic acids is 1. The maximum Gasteiger partial charge on any atom is 0.231 e. The van der Waals surface area contributed by atoms with E-state index < -0.39 is 0 Å². The summed E-state index contributed by atoms with van der Waals surface area (Å²) in [5.74, 6) is 1.45. The third-order valence-electron chi connectivity index (χ3n) is 4.87. The van der Waals surface area contributed by atoms with Gasteiger partial charge in [-0.1, -0.05) is 18.2 Å². The SMILES string of the molecule is O=C(Nc1cccc2cccnc12)C1CN(c2cc(-n3ccnc3)ncn2)C1. The standard InChI is InChI=1S/C20H17N7O/c28-20(25-16-5-1-3-14-4-2-6-22-19(14)16)15-10-27(11-15)18-9-17(23-12-24-18)26-8-7-21-13-26/h1-9,12-13,15H,10-11H2,(H,25,28). The molecule has 5 rings (SSSR count). The van der Waals surface area contributed by atoms with Crippen LogP contribution in [0, 0.1) is 5.92 Å². The molecule has 1 saturated heterocycles. The fourth-order valence-corrected chi connectivity index (χ4v) is 3.32. The number of rotatable bonds is 4. The molecule has 1 N–H and O–H groups in total. The van der Waals surface area contributed by atoms with Crippen LogP contribution in [0.3, 0.4) is 0 Å². The number of hydrogen-bond acceptors (Lipinski definition) is 6. The largest absolute Gasteiger partial charge is 0.355 e. The summed E-state index contributed by atoms with van der Waals surface area (Å²) in [6.45, 7) is 1.23. The Balaban J connectivity index is 1.27. The Morgan fingerprint density at radius 1 is 1.04 bits per heavy atom. The van der Waals surface area contributed by atoms with Crippen LogP contribution < -0.4 is 10.2 Å². The first-order valence-corrected chi connectivity index (χ1v) is 8.98. The minimum absolute atomic E-state index is 0.00158. The smallest absolute Gasteiger partial charge is 0.231 e. The van der Waals surface area contributed by atoms with Gasteiger partial charge in [-0.3, -0.25) is 14.3 Å². The van der Waals surface area contributed by atoms with E-state index in [9.17, 15) is 4.79 Å². The molecule has 1 aromatic carbocycles. The summed E-state index contributed by atoms with van der Waals surface area (Å²) in [4.78, 5) is 31.7. The molecule has 8 heteroatoms. The van der Waals surface area contributed by atoms with E-state index in [0.29, 0.717) is 13.1 Å². The monoisotopic (exact) mass is 371 g/mol. The number of pyridine rings is 1. The Hall–Kier alpha value is -3.81. The van der Waals surface area contributed by atoms with Gasteiger partial charge in [0.25, 0.3) is 0 Å². The van der Waals surface area contributed by atoms with Gasteiger partial charge in [0.2, 0.25) is 5.91 Å². The summed E-state index contributed by atoms with van der Waals surface area (Å²) < 4.78 is 1.82. The van der Waals surface area contributed by atoms with Crippen molar-refractivity contribution >= 4 is 28.3 Å². The minimum atomic E-state index is -0.0920. The van der Waals surface area contributed by atoms with Gasteiger partial charge in [0, 0.05) is 43.1 Å². The van der Waals surface area contributed by atoms with Crippen LogP contribution in [-0.2, 0) is 4.79 Å². The van der Waals surface area contributed by atoms with Crippen LogP contribution in [-0.4, -0.2) is 43.5 Å². The summed E-state index contributed by atoms with van der Waals surface area (Å²) in [5.41, 5.74) is 1.54. The average Bonchev–Trinajstić information content (AvgIpc) is 3.22. The predicted octanol–water partition coefficient (Wildman–Crippen LogP) is 2.29. The number of nitrogens with one attached hydrogen (secondary N) is 1. The van der Waals surface area contributed by atoms with Crippen LogP contribution in [0.25, 0.3) is 16.7 Å². The van der Waals surface area contributed by atoms with Gasteiger partial charge < -0.3 is 10.2 Å². The Morgan fingerprint density at radius 2 is 1.89 bits per heavy atom. The lowest BCUT2D eigenvalue weighted by atomic mass is 9.99. The molecule has 0 bridgehead atoms. The Bertz CT molecular complexity index is 1130. The van der Waals surface area contributed by atoms with Crippen LogP contribution in [0.15, 0.2) is 67.6 Å². The van der Waals surface area contributed by atoms with Gasteiger partial charge in [0.15, 0.2) is 0 Å². The van der Waals surface area contributed by atoms with Crippen molar-refractivity contribution in [2.75, 3.05) is 23.3 Å². The first kappa shape index (κ1) is 16.4. The molecule has 0 unspecified atom stereocenters. The lowest BCUT2D eigenvalue weighted by Crippen LogP contribution is -2.52. The number of fused-ring (bicyclic) bond motifs is 1. The van der Waals surface area contributed by atoms with Crippen molar-refractivity contribution in [3.63, 3.8) is 0 Å². The first-order chi connectivity index (χ1) is 13.8. The summed E-state index contributed by atoms with van der Waals surface area (Å²) in [7, 11) is 0. The number of nitrogens with zero attached hydrogens (tertiary/aromatic N) is 6. The molecular formula is C20H17N7O. The molecule has 0 radical (unpaired) electrons. The molecule has 0 saturated carbocycles. The number of amides is 1. The first-order valence-electron chi connectivity index (χ1n) is 8.98. The molecule has 8 nitrogen and oxygen atoms in total. The zero-order chi connectivity index (χ0) is 18.9. The molecular weight excluding hydrogens is 354 g/mol. The third-order valence-corrected chi connectivity index (χ3v) is 4.87. The van der Waals surface area contributed by atoms with E-state index >= 15 is 0 Å². The van der Waals surface area contributed by atoms with E-state index in [0.717, 1.165) is 28.2 Å². The summed E-state index contributed by atoms with van der Waals surface area (Å²) in [5, 5.41) is 4.02. The highest BCUT2D eigenvalue weighted by molar-refractivity contribution is 6.01. The highest BCUT2D eigenvalue weighted by Crippen LogP contribution is 2.26. The average molecular weight is 371 g/mol. The zero-order valence-electron chi connectivity index (χ0n) is 14.9. The van der Waals surface area contributed by atoms with Crippen molar-refractivity contribution in [2.45, 2.75) is 0 Å². The van der Waals surface area contributed by atoms with Gasteiger partial charge in [-0.05, 0) is 12.1 Å². The van der Waals surface area contributed by atoms with Gasteiger partial charge in [-0.2, -0.15) is 0 Å². The maximum atomic E-state index is 12.7. The highest BCUT2D eigenvalue weighted by Gasteiger charge is 2.34. The number of imidazole rings is 1. The van der Waals surface area contributed by atoms with Crippen molar-refractivity contribution in [1.82, 2.24) is 24.5 Å². The zero-order valence-corrected chi connectivity index (χ0v) is 14.9. The Morgan fingerprint density at radius 3 is 2.75 bits per heavy atom. The Labute approximate surface area is 160 Å². The van der Waals surface area contributed by atoms with Crippen LogP contribution in [0.5, 0.6) is 0 Å². The fraction of sp³-hybridized carbons (Fsp3) is 0.150. The number of benzene rings is 1. The normalized spacial score (nSPS) is 14.1. The molecule has 28 heavy (non-hydrogen) atoms. The quantitative estimate of drug-likeness (QED) is 0.592. The van der Waals surface area contributed by atoms with E-state index in [1.807, 2.05) is 47.2 Å². The van der Waals surface area contributed by atoms with Crippen LogP contribution in [0.1, 0.15) is 0 Å². The molecule has 4 aromatic rings. The molecule has 138 valence electrons. The van der Waals surface area contributed by atoms with E-state index in [-0.39, 0.29) is 11.8 Å². The predicted molar refractivity (Wildman–Crippen MR) is 105 cm³/mol. The van der Waals surface area contributed by atoms with Gasteiger partial charge in [0.05, 0.1) is 17.1 Å². The van der Waals surface area contributed by atoms with Gasteiger partial charge in [-0.25, -0.2) is 15.0 Å². The van der Waals surface area contributed by atoms with Crippen LogP contribution in [0.4, 0.5) is 11.5 Å². The van der Waals surface area contributed by atoms with Gasteiger partial charge >= 0.3 is 0 Å². The molecule has 1 amide bonds. The van der Waals surface area contributed by atoms with Crippen molar-refractivity contribution in [3.8, 4) is 5.82 Å². The Kier molecular flexibility index (Phi) is 3.93. The molecule has 0 spiro atoms. The molecule has 1 aliphatic heterocycles. The van der Waals surface area contributed by atoms with Crippen molar-refractivity contribution in [2.24, 2.45) is 5.92 Å². The maximum absolute atomic E-state index is 12.7. The van der Waals surface area contributed by atoms with Gasteiger partial charge in [0.1, 0.15) is 24.3 Å². The summed E-state index contributed by atoms with van der Waals surface area (Å²) >= 11 is 0. The van der Waals surface area contributed by atoms with Crippen molar-refractivity contribution in [3.05, 3.63) is 67.6 Å². The summed E-state index contributed by atoms with van der Waals surface area (Å²) in [6, 6.07) is 11.5. The number of hydrogen-bond donors (Lipinski definition) is 1. The number of para-hydroxylation sites is 1. The molecule has 1 aliphatic rings. The van der Waals surface area contributed by atoms with E-state index in [1.54, 1.807) is 18.7 Å². The van der Waals surface area contributed by atoms with Crippen molar-refractivity contribution in [1.29, 1.82) is 0 Å². The molecule has 1 fully saturated rings. The second-order valence-corrected chi connectivity index (χ2v) is 6.68. The second-order valence-electron chi connectivity index (χ2n) is 6.68. The fourth-order valence-electron chi connectivity index (χ4n) is 3.32. The van der Waals surface area contributed by atoms with E-state index in [1.165, 1.54) is 6.33 Å². The van der Waals surface area contributed by atoms with Gasteiger partial charge in [-0.15, -0.1) is 0 Å². The summed E-state index contributed by atoms with van der Waals surface area (Å²) in [6.07, 6.45) is 8.48. The molecule has 4 heterocycles. The number of anilines is 2. The number of aromatic nitrogens is 5. The van der Waals surface area contributed by atoms with E-state index in [4.69, 9.17) is 0 Å².